The Balaban J connectivity index is 2.35. The molecule has 0 radical (unpaired) electrons. The highest BCUT2D eigenvalue weighted by atomic mass is 35.5. The third-order valence-corrected chi connectivity index (χ3v) is 3.38. The van der Waals surface area contributed by atoms with Crippen molar-refractivity contribution in [3.63, 3.8) is 0 Å². The summed E-state index contributed by atoms with van der Waals surface area (Å²) in [5, 5.41) is 0.581. The number of fused-ring (bicyclic) bond motifs is 1. The van der Waals surface area contributed by atoms with Crippen LogP contribution in [0.5, 0.6) is 11.8 Å². The van der Waals surface area contributed by atoms with Crippen molar-refractivity contribution in [1.82, 2.24) is 15.0 Å². The minimum atomic E-state index is 0.317. The van der Waals surface area contributed by atoms with Crippen molar-refractivity contribution < 1.29 is 9.47 Å². The molecule has 0 saturated heterocycles. The molecule has 0 amide bonds. The van der Waals surface area contributed by atoms with Gasteiger partial charge in [0.1, 0.15) is 5.52 Å². The lowest BCUT2D eigenvalue weighted by Crippen LogP contribution is -1.98. The molecule has 6 heteroatoms. The Labute approximate surface area is 126 Å². The molecule has 0 saturated carbocycles. The normalized spacial score (nSPS) is 10.6. The average Bonchev–Trinajstić information content (AvgIpc) is 2.54. The summed E-state index contributed by atoms with van der Waals surface area (Å²) < 4.78 is 10.4. The van der Waals surface area contributed by atoms with Crippen LogP contribution >= 0.6 is 11.6 Å². The molecule has 0 aliphatic heterocycles. The first-order chi connectivity index (χ1) is 10.2. The monoisotopic (exact) mass is 301 g/mol. The van der Waals surface area contributed by atoms with Crippen molar-refractivity contribution in [3.8, 4) is 22.9 Å². The zero-order valence-electron chi connectivity index (χ0n) is 11.5. The van der Waals surface area contributed by atoms with Gasteiger partial charge in [0.15, 0.2) is 0 Å². The summed E-state index contributed by atoms with van der Waals surface area (Å²) in [6.07, 6.45) is 3.44. The summed E-state index contributed by atoms with van der Waals surface area (Å²) in [5.41, 5.74) is 2.97. The lowest BCUT2D eigenvalue weighted by molar-refractivity contribution is 0.334. The largest absolute Gasteiger partial charge is 0.477 e. The third kappa shape index (κ3) is 2.36. The topological polar surface area (TPSA) is 57.1 Å². The first-order valence-corrected chi connectivity index (χ1v) is 6.61. The van der Waals surface area contributed by atoms with Gasteiger partial charge in [-0.25, -0.2) is 9.97 Å². The van der Waals surface area contributed by atoms with Crippen LogP contribution in [-0.2, 0) is 0 Å². The Kier molecular flexibility index (Phi) is 3.58. The predicted octanol–water partition coefficient (Wildman–Crippen LogP) is 3.36. The molecule has 2 aromatic heterocycles. The third-order valence-electron chi connectivity index (χ3n) is 3.06. The summed E-state index contributed by atoms with van der Waals surface area (Å²) in [6.45, 7) is 0. The molecule has 0 atom stereocenters. The zero-order chi connectivity index (χ0) is 14.8. The average molecular weight is 302 g/mol. The number of pyridine rings is 1. The molecule has 0 bridgehead atoms. The molecule has 0 aliphatic carbocycles. The van der Waals surface area contributed by atoms with Gasteiger partial charge in [-0.3, -0.25) is 4.98 Å². The molecular weight excluding hydrogens is 290 g/mol. The number of nitrogens with zero attached hydrogens (tertiary/aromatic N) is 3. The number of rotatable bonds is 3. The van der Waals surface area contributed by atoms with E-state index in [9.17, 15) is 0 Å². The fraction of sp³-hybridized carbons (Fsp3) is 0.133. The summed E-state index contributed by atoms with van der Waals surface area (Å²) >= 11 is 6.34. The summed E-state index contributed by atoms with van der Waals surface area (Å²) in [5.74, 6) is 0.655. The van der Waals surface area contributed by atoms with E-state index >= 15 is 0 Å². The second kappa shape index (κ2) is 5.54. The molecule has 0 aliphatic rings. The van der Waals surface area contributed by atoms with E-state index in [0.29, 0.717) is 27.8 Å². The number of hydrogen-bond donors (Lipinski definition) is 0. The van der Waals surface area contributed by atoms with E-state index in [1.54, 1.807) is 24.5 Å². The molecule has 0 N–H and O–H groups in total. The quantitative estimate of drug-likeness (QED) is 0.742. The Morgan fingerprint density at radius 3 is 2.43 bits per heavy atom. The van der Waals surface area contributed by atoms with Crippen LogP contribution in [-0.4, -0.2) is 29.2 Å². The van der Waals surface area contributed by atoms with Crippen LogP contribution in [0.3, 0.4) is 0 Å². The van der Waals surface area contributed by atoms with Gasteiger partial charge in [-0.1, -0.05) is 17.7 Å². The maximum Gasteiger partial charge on any atom is 0.278 e. The van der Waals surface area contributed by atoms with Crippen LogP contribution in [0.4, 0.5) is 0 Å². The molecular formula is C15H12ClN3O2. The van der Waals surface area contributed by atoms with E-state index in [-0.39, 0.29) is 0 Å². The number of halogens is 1. The molecule has 5 nitrogen and oxygen atoms in total. The van der Waals surface area contributed by atoms with Crippen molar-refractivity contribution in [1.29, 1.82) is 0 Å². The molecule has 3 rings (SSSR count). The van der Waals surface area contributed by atoms with Crippen LogP contribution < -0.4 is 9.47 Å². The highest BCUT2D eigenvalue weighted by Crippen LogP contribution is 2.36. The Morgan fingerprint density at radius 1 is 1.00 bits per heavy atom. The molecule has 21 heavy (non-hydrogen) atoms. The second-order valence-corrected chi connectivity index (χ2v) is 4.68. The molecule has 0 fully saturated rings. The second-order valence-electron chi connectivity index (χ2n) is 4.27. The van der Waals surface area contributed by atoms with E-state index in [1.807, 2.05) is 12.1 Å². The van der Waals surface area contributed by atoms with Gasteiger partial charge in [0.2, 0.25) is 0 Å². The molecule has 3 aromatic rings. The fourth-order valence-corrected chi connectivity index (χ4v) is 2.38. The summed E-state index contributed by atoms with van der Waals surface area (Å²) in [6, 6.07) is 7.35. The van der Waals surface area contributed by atoms with Crippen LogP contribution in [0.2, 0.25) is 5.02 Å². The van der Waals surface area contributed by atoms with Crippen molar-refractivity contribution in [2.24, 2.45) is 0 Å². The summed E-state index contributed by atoms with van der Waals surface area (Å²) in [7, 11) is 3.04. The van der Waals surface area contributed by atoms with Gasteiger partial charge in [0.25, 0.3) is 11.8 Å². The fourth-order valence-electron chi connectivity index (χ4n) is 2.12. The first-order valence-electron chi connectivity index (χ1n) is 6.23. The minimum absolute atomic E-state index is 0.317. The van der Waals surface area contributed by atoms with E-state index < -0.39 is 0 Å². The molecule has 2 heterocycles. The van der Waals surface area contributed by atoms with Crippen LogP contribution in [0.25, 0.3) is 22.2 Å². The van der Waals surface area contributed by atoms with Crippen LogP contribution in [0.1, 0.15) is 0 Å². The Bertz CT molecular complexity index is 794. The first kappa shape index (κ1) is 13.6. The van der Waals surface area contributed by atoms with Crippen molar-refractivity contribution in [2.75, 3.05) is 14.2 Å². The van der Waals surface area contributed by atoms with E-state index in [0.717, 1.165) is 11.1 Å². The number of methoxy groups -OCH3 is 2. The van der Waals surface area contributed by atoms with E-state index in [1.165, 1.54) is 14.2 Å². The van der Waals surface area contributed by atoms with Gasteiger partial charge < -0.3 is 9.47 Å². The minimum Gasteiger partial charge on any atom is -0.477 e. The standard InChI is InChI=1S/C15H12ClN3O2/c1-20-14-15(21-2)19-13-11(18-14)6-5-10(16)12(13)9-4-3-7-17-8-9/h3-8H,1-2H3. The highest BCUT2D eigenvalue weighted by Gasteiger charge is 2.16. The highest BCUT2D eigenvalue weighted by molar-refractivity contribution is 6.34. The zero-order valence-corrected chi connectivity index (χ0v) is 12.3. The predicted molar refractivity (Wildman–Crippen MR) is 80.9 cm³/mol. The smallest absolute Gasteiger partial charge is 0.278 e. The SMILES string of the molecule is COc1nc2ccc(Cl)c(-c3cccnc3)c2nc1OC. The van der Waals surface area contributed by atoms with Gasteiger partial charge in [0.05, 0.1) is 24.8 Å². The van der Waals surface area contributed by atoms with Gasteiger partial charge in [-0.05, 0) is 18.2 Å². The van der Waals surface area contributed by atoms with Gasteiger partial charge in [-0.15, -0.1) is 0 Å². The lowest BCUT2D eigenvalue weighted by atomic mass is 10.1. The van der Waals surface area contributed by atoms with Crippen molar-refractivity contribution in [2.45, 2.75) is 0 Å². The number of aromatic nitrogens is 3. The maximum absolute atomic E-state index is 6.34. The van der Waals surface area contributed by atoms with E-state index in [2.05, 4.69) is 15.0 Å². The van der Waals surface area contributed by atoms with Gasteiger partial charge >= 0.3 is 0 Å². The molecule has 0 spiro atoms. The van der Waals surface area contributed by atoms with Gasteiger partial charge in [-0.2, -0.15) is 0 Å². The van der Waals surface area contributed by atoms with Crippen LogP contribution in [0.15, 0.2) is 36.7 Å². The molecule has 0 unspecified atom stereocenters. The molecule has 106 valence electrons. The van der Waals surface area contributed by atoms with Crippen LogP contribution in [0, 0.1) is 0 Å². The van der Waals surface area contributed by atoms with Crippen molar-refractivity contribution in [3.05, 3.63) is 41.7 Å². The van der Waals surface area contributed by atoms with Gasteiger partial charge in [0, 0.05) is 23.5 Å². The number of ether oxygens (including phenoxy) is 2. The lowest BCUT2D eigenvalue weighted by Gasteiger charge is -2.11. The summed E-state index contributed by atoms with van der Waals surface area (Å²) in [4.78, 5) is 13.0. The maximum atomic E-state index is 6.34. The number of benzene rings is 1. The Hall–Kier alpha value is -2.40. The van der Waals surface area contributed by atoms with Crippen molar-refractivity contribution >= 4 is 22.6 Å². The van der Waals surface area contributed by atoms with E-state index in [4.69, 9.17) is 21.1 Å². The Morgan fingerprint density at radius 2 is 1.76 bits per heavy atom. The number of hydrogen-bond acceptors (Lipinski definition) is 5. The molecule has 1 aromatic carbocycles.